The first-order valence-electron chi connectivity index (χ1n) is 6.71. The molecule has 3 nitrogen and oxygen atoms in total. The molecule has 16 heavy (non-hydrogen) atoms. The summed E-state index contributed by atoms with van der Waals surface area (Å²) in [7, 11) is 0. The highest BCUT2D eigenvalue weighted by Crippen LogP contribution is 2.40. The standard InChI is InChI=1S/C13H24N2O/c1-2-11(8-10-4-5-10)15-12(16)13(9-14)6-3-7-13/h10-11H,2-9,14H2,1H3,(H,15,16). The predicted molar refractivity (Wildman–Crippen MR) is 64.9 cm³/mol. The zero-order valence-corrected chi connectivity index (χ0v) is 10.3. The Labute approximate surface area is 98.2 Å². The maximum atomic E-state index is 12.2. The van der Waals surface area contributed by atoms with Gasteiger partial charge in [-0.3, -0.25) is 4.79 Å². The van der Waals surface area contributed by atoms with Crippen LogP contribution in [-0.4, -0.2) is 18.5 Å². The van der Waals surface area contributed by atoms with E-state index in [0.717, 1.165) is 31.6 Å². The van der Waals surface area contributed by atoms with E-state index in [1.807, 2.05) is 0 Å². The van der Waals surface area contributed by atoms with Crippen LogP contribution in [0.4, 0.5) is 0 Å². The van der Waals surface area contributed by atoms with E-state index >= 15 is 0 Å². The minimum absolute atomic E-state index is 0.211. The van der Waals surface area contributed by atoms with Crippen LogP contribution in [0.15, 0.2) is 0 Å². The number of nitrogens with one attached hydrogen (secondary N) is 1. The van der Waals surface area contributed by atoms with E-state index in [-0.39, 0.29) is 11.3 Å². The van der Waals surface area contributed by atoms with Gasteiger partial charge < -0.3 is 11.1 Å². The van der Waals surface area contributed by atoms with E-state index < -0.39 is 0 Å². The van der Waals surface area contributed by atoms with E-state index in [1.54, 1.807) is 0 Å². The van der Waals surface area contributed by atoms with Crippen molar-refractivity contribution in [2.24, 2.45) is 17.1 Å². The lowest BCUT2D eigenvalue weighted by Gasteiger charge is -2.40. The van der Waals surface area contributed by atoms with Crippen LogP contribution in [0.3, 0.4) is 0 Å². The molecule has 0 aromatic carbocycles. The van der Waals surface area contributed by atoms with Crippen LogP contribution in [0.2, 0.25) is 0 Å². The zero-order valence-electron chi connectivity index (χ0n) is 10.3. The highest BCUT2D eigenvalue weighted by Gasteiger charge is 2.43. The topological polar surface area (TPSA) is 55.1 Å². The van der Waals surface area contributed by atoms with Gasteiger partial charge in [0.1, 0.15) is 0 Å². The molecule has 1 amide bonds. The SMILES string of the molecule is CCC(CC1CC1)NC(=O)C1(CN)CCC1. The minimum Gasteiger partial charge on any atom is -0.353 e. The van der Waals surface area contributed by atoms with Gasteiger partial charge in [-0.15, -0.1) is 0 Å². The first-order chi connectivity index (χ1) is 7.70. The quantitative estimate of drug-likeness (QED) is 0.723. The Morgan fingerprint density at radius 2 is 2.19 bits per heavy atom. The van der Waals surface area contributed by atoms with Gasteiger partial charge in [0.2, 0.25) is 5.91 Å². The van der Waals surface area contributed by atoms with Crippen LogP contribution in [0, 0.1) is 11.3 Å². The lowest BCUT2D eigenvalue weighted by atomic mass is 9.68. The van der Waals surface area contributed by atoms with E-state index in [0.29, 0.717) is 12.6 Å². The molecule has 1 atom stereocenters. The van der Waals surface area contributed by atoms with Crippen molar-refractivity contribution in [2.75, 3.05) is 6.54 Å². The van der Waals surface area contributed by atoms with Gasteiger partial charge in [-0.1, -0.05) is 26.2 Å². The second-order valence-corrected chi connectivity index (χ2v) is 5.60. The van der Waals surface area contributed by atoms with Gasteiger partial charge in [0, 0.05) is 12.6 Å². The van der Waals surface area contributed by atoms with Gasteiger partial charge >= 0.3 is 0 Å². The molecule has 0 bridgehead atoms. The molecule has 0 radical (unpaired) electrons. The highest BCUT2D eigenvalue weighted by atomic mass is 16.2. The summed E-state index contributed by atoms with van der Waals surface area (Å²) in [6, 6.07) is 0.379. The minimum atomic E-state index is -0.211. The lowest BCUT2D eigenvalue weighted by Crippen LogP contribution is -2.52. The number of carbonyl (C=O) groups excluding carboxylic acids is 1. The largest absolute Gasteiger partial charge is 0.353 e. The normalized spacial score (nSPS) is 24.6. The Morgan fingerprint density at radius 1 is 1.50 bits per heavy atom. The number of amides is 1. The Morgan fingerprint density at radius 3 is 2.56 bits per heavy atom. The van der Waals surface area contributed by atoms with Crippen LogP contribution < -0.4 is 11.1 Å². The smallest absolute Gasteiger partial charge is 0.227 e. The van der Waals surface area contributed by atoms with Crippen molar-refractivity contribution in [3.63, 3.8) is 0 Å². The van der Waals surface area contributed by atoms with E-state index in [4.69, 9.17) is 5.73 Å². The molecule has 1 unspecified atom stereocenters. The summed E-state index contributed by atoms with van der Waals surface area (Å²) in [5, 5.41) is 3.21. The van der Waals surface area contributed by atoms with Crippen LogP contribution in [0.5, 0.6) is 0 Å². The molecule has 3 heteroatoms. The molecule has 0 spiro atoms. The molecule has 3 N–H and O–H groups in total. The van der Waals surface area contributed by atoms with E-state index in [2.05, 4.69) is 12.2 Å². The van der Waals surface area contributed by atoms with Crippen LogP contribution in [0.25, 0.3) is 0 Å². The average molecular weight is 224 g/mol. The van der Waals surface area contributed by atoms with Crippen LogP contribution in [0.1, 0.15) is 51.9 Å². The maximum Gasteiger partial charge on any atom is 0.227 e. The molecular formula is C13H24N2O. The summed E-state index contributed by atoms with van der Waals surface area (Å²) in [6.45, 7) is 2.67. The summed E-state index contributed by atoms with van der Waals surface area (Å²) in [4.78, 5) is 12.2. The monoisotopic (exact) mass is 224 g/mol. The Balaban J connectivity index is 1.83. The van der Waals surface area contributed by atoms with Crippen molar-refractivity contribution >= 4 is 5.91 Å². The van der Waals surface area contributed by atoms with Crippen molar-refractivity contribution in [3.8, 4) is 0 Å². The lowest BCUT2D eigenvalue weighted by molar-refractivity contribution is -0.136. The molecule has 2 saturated carbocycles. The first kappa shape index (κ1) is 11.9. The summed E-state index contributed by atoms with van der Waals surface area (Å²) >= 11 is 0. The molecule has 0 aromatic rings. The molecule has 2 aliphatic rings. The summed E-state index contributed by atoms with van der Waals surface area (Å²) < 4.78 is 0. The molecule has 0 aromatic heterocycles. The van der Waals surface area contributed by atoms with Crippen molar-refractivity contribution in [2.45, 2.75) is 57.9 Å². The predicted octanol–water partition coefficient (Wildman–Crippen LogP) is 1.81. The van der Waals surface area contributed by atoms with Crippen LogP contribution >= 0.6 is 0 Å². The average Bonchev–Trinajstić information content (AvgIpc) is 3.00. The number of nitrogens with two attached hydrogens (primary N) is 1. The molecule has 92 valence electrons. The third kappa shape index (κ3) is 2.40. The van der Waals surface area contributed by atoms with Crippen molar-refractivity contribution in [3.05, 3.63) is 0 Å². The van der Waals surface area contributed by atoms with Gasteiger partial charge in [0.25, 0.3) is 0 Å². The number of hydrogen-bond acceptors (Lipinski definition) is 2. The van der Waals surface area contributed by atoms with Gasteiger partial charge in [0.05, 0.1) is 5.41 Å². The molecule has 2 fully saturated rings. The Kier molecular flexibility index (Phi) is 3.53. The fourth-order valence-electron chi connectivity index (χ4n) is 2.55. The number of hydrogen-bond donors (Lipinski definition) is 2. The zero-order chi connectivity index (χ0) is 11.6. The van der Waals surface area contributed by atoms with Crippen molar-refractivity contribution in [1.29, 1.82) is 0 Å². The molecule has 0 heterocycles. The van der Waals surface area contributed by atoms with Crippen LogP contribution in [-0.2, 0) is 4.79 Å². The second-order valence-electron chi connectivity index (χ2n) is 5.60. The number of carbonyl (C=O) groups is 1. The Hall–Kier alpha value is -0.570. The summed E-state index contributed by atoms with van der Waals surface area (Å²) in [6.07, 6.45) is 8.04. The Bertz CT molecular complexity index is 251. The molecule has 2 rings (SSSR count). The van der Waals surface area contributed by atoms with Gasteiger partial charge in [-0.05, 0) is 31.6 Å². The highest BCUT2D eigenvalue weighted by molar-refractivity contribution is 5.84. The molecular weight excluding hydrogens is 200 g/mol. The van der Waals surface area contributed by atoms with E-state index in [9.17, 15) is 4.79 Å². The fourth-order valence-corrected chi connectivity index (χ4v) is 2.55. The van der Waals surface area contributed by atoms with Gasteiger partial charge in [-0.25, -0.2) is 0 Å². The van der Waals surface area contributed by atoms with E-state index in [1.165, 1.54) is 19.3 Å². The van der Waals surface area contributed by atoms with Gasteiger partial charge in [0.15, 0.2) is 0 Å². The molecule has 0 aliphatic heterocycles. The molecule has 0 saturated heterocycles. The maximum absolute atomic E-state index is 12.2. The third-order valence-electron chi connectivity index (χ3n) is 4.33. The summed E-state index contributed by atoms with van der Waals surface area (Å²) in [5.41, 5.74) is 5.53. The van der Waals surface area contributed by atoms with Crippen molar-refractivity contribution in [1.82, 2.24) is 5.32 Å². The summed E-state index contributed by atoms with van der Waals surface area (Å²) in [5.74, 6) is 1.09. The van der Waals surface area contributed by atoms with Crippen molar-refractivity contribution < 1.29 is 4.79 Å². The molecule has 2 aliphatic carbocycles. The van der Waals surface area contributed by atoms with Gasteiger partial charge in [-0.2, -0.15) is 0 Å². The third-order valence-corrected chi connectivity index (χ3v) is 4.33. The fraction of sp³-hybridized carbons (Fsp3) is 0.923. The second kappa shape index (κ2) is 4.74. The first-order valence-corrected chi connectivity index (χ1v) is 6.71. The number of rotatable bonds is 6.